The van der Waals surface area contributed by atoms with Gasteiger partial charge in [0, 0.05) is 30.7 Å². The van der Waals surface area contributed by atoms with Crippen molar-refractivity contribution < 1.29 is 9.90 Å². The van der Waals surface area contributed by atoms with Crippen molar-refractivity contribution in [3.05, 3.63) is 34.3 Å². The van der Waals surface area contributed by atoms with Crippen LogP contribution < -0.4 is 10.6 Å². The van der Waals surface area contributed by atoms with Gasteiger partial charge in [0.2, 0.25) is 0 Å². The predicted octanol–water partition coefficient (Wildman–Crippen LogP) is 1.27. The SMILES string of the molecule is O=C(O)c1cc(Cl)ccc1[C@@H]1CNCCN1. The number of aromatic carboxylic acids is 1. The Labute approximate surface area is 98.6 Å². The van der Waals surface area contributed by atoms with E-state index in [1.165, 1.54) is 6.07 Å². The molecule has 0 bridgehead atoms. The minimum absolute atomic E-state index is 0.0390. The van der Waals surface area contributed by atoms with Gasteiger partial charge < -0.3 is 15.7 Å². The fourth-order valence-corrected chi connectivity index (χ4v) is 2.06. The first kappa shape index (κ1) is 11.4. The van der Waals surface area contributed by atoms with Crippen molar-refractivity contribution >= 4 is 17.6 Å². The smallest absolute Gasteiger partial charge is 0.336 e. The molecule has 0 unspecified atom stereocenters. The fraction of sp³-hybridized carbons (Fsp3) is 0.364. The van der Waals surface area contributed by atoms with Crippen LogP contribution in [0.4, 0.5) is 0 Å². The third-order valence-corrected chi connectivity index (χ3v) is 2.90. The average Bonchev–Trinajstić information content (AvgIpc) is 2.30. The summed E-state index contributed by atoms with van der Waals surface area (Å²) in [6.45, 7) is 2.49. The van der Waals surface area contributed by atoms with E-state index in [1.807, 2.05) is 0 Å². The standard InChI is InChI=1S/C11H13ClN2O2/c12-7-1-2-8(9(5-7)11(15)16)10-6-13-3-4-14-10/h1-2,5,10,13-14H,3-4,6H2,(H,15,16)/t10-/m0/s1. The highest BCUT2D eigenvalue weighted by Gasteiger charge is 2.20. The second kappa shape index (κ2) is 4.82. The molecule has 1 saturated heterocycles. The Morgan fingerprint density at radius 1 is 1.44 bits per heavy atom. The quantitative estimate of drug-likeness (QED) is 0.729. The summed E-state index contributed by atoms with van der Waals surface area (Å²) in [6.07, 6.45) is 0. The Balaban J connectivity index is 2.34. The first-order valence-electron chi connectivity index (χ1n) is 5.15. The molecular weight excluding hydrogens is 228 g/mol. The van der Waals surface area contributed by atoms with Gasteiger partial charge in [-0.3, -0.25) is 0 Å². The summed E-state index contributed by atoms with van der Waals surface area (Å²) >= 11 is 5.80. The molecule has 1 aromatic rings. The van der Waals surface area contributed by atoms with E-state index in [-0.39, 0.29) is 11.6 Å². The van der Waals surface area contributed by atoms with Gasteiger partial charge in [-0.15, -0.1) is 0 Å². The van der Waals surface area contributed by atoms with Crippen molar-refractivity contribution in [1.82, 2.24) is 10.6 Å². The number of carboxylic acids is 1. The molecule has 1 aliphatic heterocycles. The predicted molar refractivity (Wildman–Crippen MR) is 62.0 cm³/mol. The number of piperazine rings is 1. The monoisotopic (exact) mass is 240 g/mol. The number of carbonyl (C=O) groups is 1. The maximum atomic E-state index is 11.1. The van der Waals surface area contributed by atoms with Crippen LogP contribution in [0, 0.1) is 0 Å². The Morgan fingerprint density at radius 2 is 2.25 bits per heavy atom. The number of hydrogen-bond donors (Lipinski definition) is 3. The lowest BCUT2D eigenvalue weighted by Crippen LogP contribution is -2.43. The van der Waals surface area contributed by atoms with Crippen LogP contribution >= 0.6 is 11.6 Å². The summed E-state index contributed by atoms with van der Waals surface area (Å²) in [5.74, 6) is -0.940. The third kappa shape index (κ3) is 2.35. The van der Waals surface area contributed by atoms with Crippen LogP contribution in [0.3, 0.4) is 0 Å². The normalized spacial score (nSPS) is 20.7. The van der Waals surface area contributed by atoms with E-state index in [1.54, 1.807) is 12.1 Å². The summed E-state index contributed by atoms with van der Waals surface area (Å²) in [5.41, 5.74) is 1.05. The Hall–Kier alpha value is -1.10. The summed E-state index contributed by atoms with van der Waals surface area (Å²) in [4.78, 5) is 11.1. The van der Waals surface area contributed by atoms with Crippen LogP contribution in [0.25, 0.3) is 0 Å². The van der Waals surface area contributed by atoms with Crippen molar-refractivity contribution in [2.45, 2.75) is 6.04 Å². The van der Waals surface area contributed by atoms with Crippen molar-refractivity contribution in [1.29, 1.82) is 0 Å². The molecule has 4 nitrogen and oxygen atoms in total. The molecule has 1 aromatic carbocycles. The molecule has 1 atom stereocenters. The Kier molecular flexibility index (Phi) is 3.43. The number of nitrogens with one attached hydrogen (secondary N) is 2. The van der Waals surface area contributed by atoms with Crippen molar-refractivity contribution in [3.63, 3.8) is 0 Å². The minimum Gasteiger partial charge on any atom is -0.478 e. The Morgan fingerprint density at radius 3 is 2.88 bits per heavy atom. The zero-order valence-corrected chi connectivity index (χ0v) is 9.42. The lowest BCUT2D eigenvalue weighted by Gasteiger charge is -2.26. The molecule has 1 heterocycles. The fourth-order valence-electron chi connectivity index (χ4n) is 1.89. The number of halogens is 1. The summed E-state index contributed by atoms with van der Waals surface area (Å²) in [7, 11) is 0. The highest BCUT2D eigenvalue weighted by Crippen LogP contribution is 2.22. The highest BCUT2D eigenvalue weighted by molar-refractivity contribution is 6.31. The molecule has 86 valence electrons. The van der Waals surface area contributed by atoms with Gasteiger partial charge in [0.05, 0.1) is 5.56 Å². The molecule has 1 fully saturated rings. The molecule has 0 aliphatic carbocycles. The van der Waals surface area contributed by atoms with Gasteiger partial charge >= 0.3 is 5.97 Å². The summed E-state index contributed by atoms with van der Waals surface area (Å²) in [6, 6.07) is 5.03. The lowest BCUT2D eigenvalue weighted by molar-refractivity contribution is 0.0694. The van der Waals surface area contributed by atoms with E-state index in [0.29, 0.717) is 5.02 Å². The topological polar surface area (TPSA) is 61.4 Å². The zero-order chi connectivity index (χ0) is 11.5. The number of carboxylic acid groups (broad SMARTS) is 1. The van der Waals surface area contributed by atoms with Gasteiger partial charge in [-0.2, -0.15) is 0 Å². The van der Waals surface area contributed by atoms with E-state index in [9.17, 15) is 4.79 Å². The molecule has 1 aliphatic rings. The molecule has 3 N–H and O–H groups in total. The molecule has 0 radical (unpaired) electrons. The lowest BCUT2D eigenvalue weighted by atomic mass is 9.99. The van der Waals surface area contributed by atoms with Gasteiger partial charge in [0.25, 0.3) is 0 Å². The van der Waals surface area contributed by atoms with Crippen LogP contribution in [0.15, 0.2) is 18.2 Å². The van der Waals surface area contributed by atoms with Crippen LogP contribution in [-0.2, 0) is 0 Å². The first-order chi connectivity index (χ1) is 7.68. The van der Waals surface area contributed by atoms with Crippen LogP contribution in [-0.4, -0.2) is 30.7 Å². The van der Waals surface area contributed by atoms with Gasteiger partial charge in [0.15, 0.2) is 0 Å². The van der Waals surface area contributed by atoms with Crippen molar-refractivity contribution in [2.75, 3.05) is 19.6 Å². The van der Waals surface area contributed by atoms with Crippen molar-refractivity contribution in [3.8, 4) is 0 Å². The summed E-state index contributed by atoms with van der Waals surface area (Å²) in [5, 5.41) is 16.1. The van der Waals surface area contributed by atoms with E-state index >= 15 is 0 Å². The van der Waals surface area contributed by atoms with Gasteiger partial charge in [-0.25, -0.2) is 4.79 Å². The van der Waals surface area contributed by atoms with E-state index in [4.69, 9.17) is 16.7 Å². The zero-order valence-electron chi connectivity index (χ0n) is 8.66. The molecule has 2 rings (SSSR count). The Bertz CT molecular complexity index is 403. The molecule has 5 heteroatoms. The van der Waals surface area contributed by atoms with E-state index in [2.05, 4.69) is 10.6 Å². The van der Waals surface area contributed by atoms with Crippen LogP contribution in [0.2, 0.25) is 5.02 Å². The van der Waals surface area contributed by atoms with E-state index < -0.39 is 5.97 Å². The highest BCUT2D eigenvalue weighted by atomic mass is 35.5. The van der Waals surface area contributed by atoms with Crippen LogP contribution in [0.1, 0.15) is 22.0 Å². The molecule has 16 heavy (non-hydrogen) atoms. The van der Waals surface area contributed by atoms with Gasteiger partial charge in [-0.05, 0) is 17.7 Å². The summed E-state index contributed by atoms with van der Waals surface area (Å²) < 4.78 is 0. The third-order valence-electron chi connectivity index (χ3n) is 2.66. The van der Waals surface area contributed by atoms with Crippen LogP contribution in [0.5, 0.6) is 0 Å². The van der Waals surface area contributed by atoms with Gasteiger partial charge in [0.1, 0.15) is 0 Å². The largest absolute Gasteiger partial charge is 0.478 e. The molecule has 0 amide bonds. The van der Waals surface area contributed by atoms with Gasteiger partial charge in [-0.1, -0.05) is 17.7 Å². The molecule has 0 saturated carbocycles. The number of hydrogen-bond acceptors (Lipinski definition) is 3. The second-order valence-corrected chi connectivity index (χ2v) is 4.18. The maximum Gasteiger partial charge on any atom is 0.336 e. The minimum atomic E-state index is -0.940. The maximum absolute atomic E-state index is 11.1. The number of benzene rings is 1. The molecular formula is C11H13ClN2O2. The molecule has 0 aromatic heterocycles. The van der Waals surface area contributed by atoms with Crippen molar-refractivity contribution in [2.24, 2.45) is 0 Å². The second-order valence-electron chi connectivity index (χ2n) is 3.75. The number of rotatable bonds is 2. The molecule has 0 spiro atoms. The average molecular weight is 241 g/mol. The first-order valence-corrected chi connectivity index (χ1v) is 5.53. The van der Waals surface area contributed by atoms with E-state index in [0.717, 1.165) is 25.2 Å².